The third kappa shape index (κ3) is 4.15. The zero-order valence-corrected chi connectivity index (χ0v) is 9.60. The summed E-state index contributed by atoms with van der Waals surface area (Å²) in [5.41, 5.74) is 0. The molecular formula is C8H13NO3S2. The van der Waals surface area contributed by atoms with Crippen LogP contribution in [-0.4, -0.2) is 25.0 Å². The smallest absolute Gasteiger partial charge is 0.267 e. The van der Waals surface area contributed by atoms with Gasteiger partial charge in [-0.15, -0.1) is 0 Å². The number of nitrogens with zero attached hydrogens (tertiary/aromatic N) is 1. The van der Waals surface area contributed by atoms with Gasteiger partial charge in [0.15, 0.2) is 0 Å². The topological polar surface area (TPSA) is 55.7 Å². The number of oxime groups is 1. The third-order valence-electron chi connectivity index (χ3n) is 1.58. The summed E-state index contributed by atoms with van der Waals surface area (Å²) < 4.78 is 26.9. The van der Waals surface area contributed by atoms with Gasteiger partial charge in [-0.1, -0.05) is 36.3 Å². The zero-order chi connectivity index (χ0) is 10.4. The van der Waals surface area contributed by atoms with Crippen LogP contribution in [0.1, 0.15) is 19.8 Å². The van der Waals surface area contributed by atoms with E-state index in [1.54, 1.807) is 6.08 Å². The van der Waals surface area contributed by atoms with E-state index in [0.717, 1.165) is 12.2 Å². The lowest BCUT2D eigenvalue weighted by molar-refractivity contribution is 0.340. The molecular weight excluding hydrogens is 222 g/mol. The first kappa shape index (κ1) is 11.6. The van der Waals surface area contributed by atoms with Crippen LogP contribution in [0, 0.1) is 0 Å². The average Bonchev–Trinajstić information content (AvgIpc) is 2.64. The minimum atomic E-state index is -3.47. The summed E-state index contributed by atoms with van der Waals surface area (Å²) in [6.45, 7) is 1.93. The number of rotatable bonds is 5. The van der Waals surface area contributed by atoms with Crippen LogP contribution in [0.4, 0.5) is 0 Å². The molecule has 0 aliphatic carbocycles. The van der Waals surface area contributed by atoms with Crippen molar-refractivity contribution < 1.29 is 12.7 Å². The molecule has 0 saturated heterocycles. The Morgan fingerprint density at radius 1 is 1.64 bits per heavy atom. The minimum absolute atomic E-state index is 0.0364. The third-order valence-corrected chi connectivity index (χ3v) is 3.53. The molecule has 4 nitrogen and oxygen atoms in total. The summed E-state index contributed by atoms with van der Waals surface area (Å²) in [5.74, 6) is 0.867. The molecule has 0 aromatic rings. The summed E-state index contributed by atoms with van der Waals surface area (Å²) in [6, 6.07) is 0. The van der Waals surface area contributed by atoms with Gasteiger partial charge in [0.1, 0.15) is 5.04 Å². The van der Waals surface area contributed by atoms with Gasteiger partial charge in [0.2, 0.25) is 0 Å². The van der Waals surface area contributed by atoms with Gasteiger partial charge in [-0.2, -0.15) is 8.42 Å². The summed E-state index contributed by atoms with van der Waals surface area (Å²) in [7, 11) is -3.47. The summed E-state index contributed by atoms with van der Waals surface area (Å²) in [4.78, 5) is 0. The van der Waals surface area contributed by atoms with Crippen LogP contribution in [-0.2, 0) is 14.4 Å². The molecule has 1 aliphatic heterocycles. The Balaban J connectivity index is 2.43. The highest BCUT2D eigenvalue weighted by atomic mass is 32.2. The number of thioether (sulfide) groups is 1. The Morgan fingerprint density at radius 3 is 3.00 bits per heavy atom. The van der Waals surface area contributed by atoms with Crippen molar-refractivity contribution in [2.24, 2.45) is 5.16 Å². The van der Waals surface area contributed by atoms with Crippen LogP contribution in [0.2, 0.25) is 0 Å². The van der Waals surface area contributed by atoms with Crippen LogP contribution in [0.15, 0.2) is 17.3 Å². The second kappa shape index (κ2) is 5.41. The van der Waals surface area contributed by atoms with Crippen molar-refractivity contribution in [1.82, 2.24) is 0 Å². The standard InChI is InChI=1S/C8H13NO3S2/c1-2-3-7-14(10,11)12-9-8-5-4-6-13-8/h4-5H,2-3,6-7H2,1H3. The molecule has 0 fully saturated rings. The fourth-order valence-electron chi connectivity index (χ4n) is 0.839. The van der Waals surface area contributed by atoms with Crippen LogP contribution in [0.3, 0.4) is 0 Å². The van der Waals surface area contributed by atoms with E-state index in [1.165, 1.54) is 11.8 Å². The second-order valence-electron chi connectivity index (χ2n) is 2.83. The molecule has 0 unspecified atom stereocenters. The molecule has 0 aromatic heterocycles. The molecule has 0 spiro atoms. The maximum absolute atomic E-state index is 11.2. The van der Waals surface area contributed by atoms with E-state index in [9.17, 15) is 8.42 Å². The van der Waals surface area contributed by atoms with Crippen molar-refractivity contribution >= 4 is 26.9 Å². The van der Waals surface area contributed by atoms with E-state index in [4.69, 9.17) is 0 Å². The molecule has 0 N–H and O–H groups in total. The van der Waals surface area contributed by atoms with Gasteiger partial charge < -0.3 is 0 Å². The Bertz CT molecular complexity index is 332. The average molecular weight is 235 g/mol. The first-order valence-corrected chi connectivity index (χ1v) is 6.99. The van der Waals surface area contributed by atoms with E-state index in [1.807, 2.05) is 13.0 Å². The molecule has 1 heterocycles. The Morgan fingerprint density at radius 2 is 2.43 bits per heavy atom. The normalized spacial score (nSPS) is 19.1. The summed E-state index contributed by atoms with van der Waals surface area (Å²) in [5, 5.41) is 4.17. The van der Waals surface area contributed by atoms with Crippen LogP contribution in [0.5, 0.6) is 0 Å². The van der Waals surface area contributed by atoms with E-state index in [2.05, 4.69) is 9.44 Å². The zero-order valence-electron chi connectivity index (χ0n) is 7.97. The highest BCUT2D eigenvalue weighted by Gasteiger charge is 2.11. The van der Waals surface area contributed by atoms with Crippen molar-refractivity contribution in [3.8, 4) is 0 Å². The van der Waals surface area contributed by atoms with Gasteiger partial charge in [0.05, 0.1) is 5.75 Å². The van der Waals surface area contributed by atoms with Crippen LogP contribution >= 0.6 is 11.8 Å². The quantitative estimate of drug-likeness (QED) is 0.681. The van der Waals surface area contributed by atoms with Gasteiger partial charge in [-0.25, -0.2) is 0 Å². The van der Waals surface area contributed by atoms with Gasteiger partial charge >= 0.3 is 10.1 Å². The van der Waals surface area contributed by atoms with Gasteiger partial charge in [0, 0.05) is 5.75 Å². The van der Waals surface area contributed by atoms with Crippen molar-refractivity contribution in [1.29, 1.82) is 0 Å². The van der Waals surface area contributed by atoms with Gasteiger partial charge in [-0.05, 0) is 12.5 Å². The monoisotopic (exact) mass is 235 g/mol. The molecule has 0 bridgehead atoms. The maximum atomic E-state index is 11.2. The number of hydrogen-bond acceptors (Lipinski definition) is 5. The molecule has 80 valence electrons. The molecule has 0 atom stereocenters. The molecule has 0 radical (unpaired) electrons. The number of unbranched alkanes of at least 4 members (excludes halogenated alkanes) is 1. The van der Waals surface area contributed by atoms with Crippen molar-refractivity contribution in [2.75, 3.05) is 11.5 Å². The molecule has 0 amide bonds. The lowest BCUT2D eigenvalue weighted by atomic mass is 10.4. The molecule has 0 saturated carbocycles. The largest absolute Gasteiger partial charge is 0.328 e. The molecule has 1 aliphatic rings. The maximum Gasteiger partial charge on any atom is 0.328 e. The minimum Gasteiger partial charge on any atom is -0.267 e. The first-order valence-electron chi connectivity index (χ1n) is 4.43. The lowest BCUT2D eigenvalue weighted by Crippen LogP contribution is -2.07. The summed E-state index contributed by atoms with van der Waals surface area (Å²) >= 11 is 1.46. The lowest BCUT2D eigenvalue weighted by Gasteiger charge is -1.99. The van der Waals surface area contributed by atoms with Crippen LogP contribution < -0.4 is 0 Å². The van der Waals surface area contributed by atoms with E-state index in [0.29, 0.717) is 11.5 Å². The Kier molecular flexibility index (Phi) is 4.47. The Labute approximate surface area is 88.5 Å². The van der Waals surface area contributed by atoms with E-state index < -0.39 is 10.1 Å². The van der Waals surface area contributed by atoms with Gasteiger partial charge in [0.25, 0.3) is 0 Å². The highest BCUT2D eigenvalue weighted by molar-refractivity contribution is 8.14. The summed E-state index contributed by atoms with van der Waals surface area (Å²) in [6.07, 6.45) is 5.09. The van der Waals surface area contributed by atoms with Crippen LogP contribution in [0.25, 0.3) is 0 Å². The predicted octanol–water partition coefficient (Wildman–Crippen LogP) is 1.75. The Hall–Kier alpha value is -0.490. The van der Waals surface area contributed by atoms with Crippen molar-refractivity contribution in [3.63, 3.8) is 0 Å². The predicted molar refractivity (Wildman–Crippen MR) is 58.8 cm³/mol. The fraction of sp³-hybridized carbons (Fsp3) is 0.625. The molecule has 14 heavy (non-hydrogen) atoms. The number of hydrogen-bond donors (Lipinski definition) is 0. The molecule has 0 aromatic carbocycles. The van der Waals surface area contributed by atoms with Gasteiger partial charge in [-0.3, -0.25) is 4.28 Å². The fourth-order valence-corrected chi connectivity index (χ4v) is 2.44. The van der Waals surface area contributed by atoms with E-state index >= 15 is 0 Å². The highest BCUT2D eigenvalue weighted by Crippen LogP contribution is 2.14. The van der Waals surface area contributed by atoms with Crippen molar-refractivity contribution in [3.05, 3.63) is 12.2 Å². The SMILES string of the molecule is CCCCS(=O)(=O)ON=C1C=CCS1. The van der Waals surface area contributed by atoms with E-state index in [-0.39, 0.29) is 5.75 Å². The second-order valence-corrected chi connectivity index (χ2v) is 5.55. The molecule has 6 heteroatoms. The first-order chi connectivity index (χ1) is 6.64. The molecule has 1 rings (SSSR count). The van der Waals surface area contributed by atoms with Crippen molar-refractivity contribution in [2.45, 2.75) is 19.8 Å².